The number of anilines is 1. The minimum absolute atomic E-state index is 0.383. The summed E-state index contributed by atoms with van der Waals surface area (Å²) in [5, 5.41) is 13.6. The molecule has 2 aromatic carbocycles. The van der Waals surface area contributed by atoms with Crippen molar-refractivity contribution in [3.63, 3.8) is 0 Å². The molecule has 3 rings (SSSR count). The molecule has 3 nitrogen and oxygen atoms in total. The number of hydrogen-bond acceptors (Lipinski definition) is 3. The Labute approximate surface area is 146 Å². The van der Waals surface area contributed by atoms with Crippen molar-refractivity contribution in [2.24, 2.45) is 0 Å². The minimum Gasteiger partial charge on any atom is -0.508 e. The maximum Gasteiger partial charge on any atom is 0.120 e. The van der Waals surface area contributed by atoms with Crippen molar-refractivity contribution >= 4 is 21.6 Å². The van der Waals surface area contributed by atoms with Gasteiger partial charge >= 0.3 is 0 Å². The molecule has 0 aromatic heterocycles. The first-order chi connectivity index (χ1) is 11.1. The Morgan fingerprint density at radius 2 is 1.96 bits per heavy atom. The summed E-state index contributed by atoms with van der Waals surface area (Å²) >= 11 is 3.47. The van der Waals surface area contributed by atoms with Crippen molar-refractivity contribution in [1.29, 1.82) is 0 Å². The van der Waals surface area contributed by atoms with Crippen molar-refractivity contribution < 1.29 is 5.11 Å². The van der Waals surface area contributed by atoms with Gasteiger partial charge in [0.1, 0.15) is 5.75 Å². The van der Waals surface area contributed by atoms with Gasteiger partial charge in [-0.05, 0) is 55.7 Å². The number of phenolic OH excluding ortho intramolecular Hbond substituents is 1. The second-order valence-electron chi connectivity index (χ2n) is 6.34. The Bertz CT molecular complexity index is 666. The SMILES string of the molecule is Cc1cccc(NC2CCN(Cc3cc(Br)ccc3O)CC2)c1. The number of nitrogens with zero attached hydrogens (tertiary/aromatic N) is 1. The van der Waals surface area contributed by atoms with Crippen LogP contribution in [0.2, 0.25) is 0 Å². The van der Waals surface area contributed by atoms with Crippen LogP contribution in [0.15, 0.2) is 46.9 Å². The van der Waals surface area contributed by atoms with Crippen LogP contribution in [-0.2, 0) is 6.54 Å². The Morgan fingerprint density at radius 3 is 2.70 bits per heavy atom. The van der Waals surface area contributed by atoms with Crippen LogP contribution in [0.4, 0.5) is 5.69 Å². The van der Waals surface area contributed by atoms with Gasteiger partial charge in [0, 0.05) is 41.4 Å². The molecule has 1 saturated heterocycles. The lowest BCUT2D eigenvalue weighted by atomic mass is 10.0. The number of likely N-dealkylation sites (tertiary alicyclic amines) is 1. The second-order valence-corrected chi connectivity index (χ2v) is 7.25. The van der Waals surface area contributed by atoms with Crippen LogP contribution in [0.1, 0.15) is 24.0 Å². The van der Waals surface area contributed by atoms with Gasteiger partial charge in [-0.3, -0.25) is 4.90 Å². The monoisotopic (exact) mass is 374 g/mol. The molecule has 0 aliphatic carbocycles. The fourth-order valence-electron chi connectivity index (χ4n) is 3.13. The van der Waals surface area contributed by atoms with Crippen molar-refractivity contribution in [2.45, 2.75) is 32.4 Å². The van der Waals surface area contributed by atoms with Crippen LogP contribution in [0.25, 0.3) is 0 Å². The van der Waals surface area contributed by atoms with Gasteiger partial charge in [-0.25, -0.2) is 0 Å². The topological polar surface area (TPSA) is 35.5 Å². The molecule has 4 heteroatoms. The third-order valence-electron chi connectivity index (χ3n) is 4.41. The average Bonchev–Trinajstić information content (AvgIpc) is 2.53. The number of hydrogen-bond donors (Lipinski definition) is 2. The molecule has 23 heavy (non-hydrogen) atoms. The Morgan fingerprint density at radius 1 is 1.17 bits per heavy atom. The van der Waals surface area contributed by atoms with E-state index in [-0.39, 0.29) is 0 Å². The van der Waals surface area contributed by atoms with Crippen LogP contribution in [0.3, 0.4) is 0 Å². The summed E-state index contributed by atoms with van der Waals surface area (Å²) < 4.78 is 1.02. The molecule has 0 radical (unpaired) electrons. The summed E-state index contributed by atoms with van der Waals surface area (Å²) in [5.41, 5.74) is 3.50. The van der Waals surface area contributed by atoms with Crippen molar-refractivity contribution in [3.8, 4) is 5.75 Å². The van der Waals surface area contributed by atoms with E-state index in [0.29, 0.717) is 11.8 Å². The first-order valence-electron chi connectivity index (χ1n) is 8.13. The second kappa shape index (κ2) is 7.37. The number of nitrogens with one attached hydrogen (secondary N) is 1. The third kappa shape index (κ3) is 4.49. The first kappa shape index (κ1) is 16.3. The highest BCUT2D eigenvalue weighted by atomic mass is 79.9. The van der Waals surface area contributed by atoms with Gasteiger partial charge in [0.05, 0.1) is 0 Å². The first-order valence-corrected chi connectivity index (χ1v) is 8.92. The third-order valence-corrected chi connectivity index (χ3v) is 4.91. The van der Waals surface area contributed by atoms with E-state index >= 15 is 0 Å². The maximum absolute atomic E-state index is 9.98. The number of piperidine rings is 1. The zero-order valence-corrected chi connectivity index (χ0v) is 15.0. The standard InChI is InChI=1S/C19H23BrN2O/c1-14-3-2-4-18(11-14)21-17-7-9-22(10-8-17)13-15-12-16(20)5-6-19(15)23/h2-6,11-12,17,21,23H,7-10,13H2,1H3. The summed E-state index contributed by atoms with van der Waals surface area (Å²) in [6.45, 7) is 5.03. The summed E-state index contributed by atoms with van der Waals surface area (Å²) in [6, 6.07) is 14.7. The Balaban J connectivity index is 1.53. The van der Waals surface area contributed by atoms with E-state index in [1.54, 1.807) is 6.07 Å². The molecule has 1 heterocycles. The maximum atomic E-state index is 9.98. The highest BCUT2D eigenvalue weighted by molar-refractivity contribution is 9.10. The lowest BCUT2D eigenvalue weighted by Gasteiger charge is -2.33. The van der Waals surface area contributed by atoms with Gasteiger partial charge in [0.2, 0.25) is 0 Å². The highest BCUT2D eigenvalue weighted by Crippen LogP contribution is 2.25. The number of aryl methyl sites for hydroxylation is 1. The van der Waals surface area contributed by atoms with E-state index in [2.05, 4.69) is 57.3 Å². The van der Waals surface area contributed by atoms with Crippen LogP contribution >= 0.6 is 15.9 Å². The van der Waals surface area contributed by atoms with E-state index in [1.807, 2.05) is 12.1 Å². The predicted molar refractivity (Wildman–Crippen MR) is 98.9 cm³/mol. The number of rotatable bonds is 4. The molecule has 1 aliphatic heterocycles. The van der Waals surface area contributed by atoms with E-state index in [0.717, 1.165) is 42.5 Å². The Hall–Kier alpha value is -1.52. The van der Waals surface area contributed by atoms with E-state index in [1.165, 1.54) is 11.3 Å². The quantitative estimate of drug-likeness (QED) is 0.824. The molecule has 0 amide bonds. The lowest BCUT2D eigenvalue weighted by Crippen LogP contribution is -2.38. The van der Waals surface area contributed by atoms with E-state index in [9.17, 15) is 5.11 Å². The fraction of sp³-hybridized carbons (Fsp3) is 0.368. The minimum atomic E-state index is 0.383. The molecule has 1 aliphatic rings. The zero-order valence-electron chi connectivity index (χ0n) is 13.4. The van der Waals surface area contributed by atoms with Crippen LogP contribution in [-0.4, -0.2) is 29.1 Å². The molecule has 2 N–H and O–H groups in total. The lowest BCUT2D eigenvalue weighted by molar-refractivity contribution is 0.209. The van der Waals surface area contributed by atoms with E-state index < -0.39 is 0 Å². The van der Waals surface area contributed by atoms with Crippen molar-refractivity contribution in [3.05, 3.63) is 58.1 Å². The zero-order chi connectivity index (χ0) is 16.2. The van der Waals surface area contributed by atoms with Crippen molar-refractivity contribution in [1.82, 2.24) is 4.90 Å². The molecular formula is C19H23BrN2O. The van der Waals surface area contributed by atoms with Crippen LogP contribution in [0.5, 0.6) is 5.75 Å². The van der Waals surface area contributed by atoms with Gasteiger partial charge in [-0.1, -0.05) is 28.1 Å². The largest absolute Gasteiger partial charge is 0.508 e. The highest BCUT2D eigenvalue weighted by Gasteiger charge is 2.20. The molecule has 1 fully saturated rings. The van der Waals surface area contributed by atoms with Gasteiger partial charge in [-0.15, -0.1) is 0 Å². The fourth-order valence-corrected chi connectivity index (χ4v) is 3.54. The summed E-state index contributed by atoms with van der Waals surface area (Å²) in [6.07, 6.45) is 2.26. The average molecular weight is 375 g/mol. The number of phenols is 1. The molecule has 0 saturated carbocycles. The number of benzene rings is 2. The Kier molecular flexibility index (Phi) is 5.23. The molecule has 0 atom stereocenters. The van der Waals surface area contributed by atoms with Gasteiger partial charge < -0.3 is 10.4 Å². The number of aromatic hydroxyl groups is 1. The normalized spacial score (nSPS) is 16.4. The summed E-state index contributed by atoms with van der Waals surface area (Å²) in [4.78, 5) is 2.41. The van der Waals surface area contributed by atoms with Crippen LogP contribution < -0.4 is 5.32 Å². The molecular weight excluding hydrogens is 352 g/mol. The summed E-state index contributed by atoms with van der Waals surface area (Å²) in [5.74, 6) is 0.383. The van der Waals surface area contributed by atoms with Gasteiger partial charge in [-0.2, -0.15) is 0 Å². The number of halogens is 1. The smallest absolute Gasteiger partial charge is 0.120 e. The van der Waals surface area contributed by atoms with E-state index in [4.69, 9.17) is 0 Å². The summed E-state index contributed by atoms with van der Waals surface area (Å²) in [7, 11) is 0. The molecule has 0 spiro atoms. The molecule has 0 bridgehead atoms. The predicted octanol–water partition coefficient (Wildman–Crippen LogP) is 4.54. The van der Waals surface area contributed by atoms with Crippen LogP contribution in [0, 0.1) is 6.92 Å². The van der Waals surface area contributed by atoms with Gasteiger partial charge in [0.25, 0.3) is 0 Å². The van der Waals surface area contributed by atoms with Gasteiger partial charge in [0.15, 0.2) is 0 Å². The molecule has 0 unspecified atom stereocenters. The molecule has 2 aromatic rings. The van der Waals surface area contributed by atoms with Crippen molar-refractivity contribution in [2.75, 3.05) is 18.4 Å². The molecule has 122 valence electrons.